The summed E-state index contributed by atoms with van der Waals surface area (Å²) in [5, 5.41) is 0. The molecular weight excluding hydrogens is 412 g/mol. The largest absolute Gasteiger partial charge is 1.00 e. The molecule has 0 spiro atoms. The highest BCUT2D eigenvalue weighted by Crippen LogP contribution is 2.35. The van der Waals surface area contributed by atoms with E-state index in [1.807, 2.05) is 54.9 Å². The molecule has 3 aromatic rings. The predicted octanol–water partition coefficient (Wildman–Crippen LogP) is 2.15. The van der Waals surface area contributed by atoms with Crippen LogP contribution in [0.4, 0.5) is 0 Å². The van der Waals surface area contributed by atoms with E-state index in [0.29, 0.717) is 19.6 Å². The van der Waals surface area contributed by atoms with Crippen molar-refractivity contribution in [2.45, 2.75) is 58.5 Å². The summed E-state index contributed by atoms with van der Waals surface area (Å²) in [6, 6.07) is 14.1. The highest BCUT2D eigenvalue weighted by atomic mass is 35.5. The van der Waals surface area contributed by atoms with Gasteiger partial charge in [-0.05, 0) is 49.9 Å². The summed E-state index contributed by atoms with van der Waals surface area (Å²) in [6.07, 6.45) is 7.80. The number of benzene rings is 2. The number of nitrogens with zero attached hydrogens (tertiary/aromatic N) is 2. The van der Waals surface area contributed by atoms with Gasteiger partial charge in [-0.3, -0.25) is 4.79 Å². The van der Waals surface area contributed by atoms with Crippen LogP contribution in [0.2, 0.25) is 0 Å². The number of rotatable bonds is 8. The zero-order valence-electron chi connectivity index (χ0n) is 18.0. The van der Waals surface area contributed by atoms with Gasteiger partial charge in [-0.1, -0.05) is 30.3 Å². The van der Waals surface area contributed by atoms with Gasteiger partial charge in [-0.25, -0.2) is 4.98 Å². The Kier molecular flexibility index (Phi) is 7.88. The van der Waals surface area contributed by atoms with Crippen LogP contribution in [0.3, 0.4) is 0 Å². The lowest BCUT2D eigenvalue weighted by Gasteiger charge is -2.26. The fourth-order valence-electron chi connectivity index (χ4n) is 3.92. The van der Waals surface area contributed by atoms with Crippen LogP contribution in [0.25, 0.3) is 0 Å². The molecule has 0 N–H and O–H groups in total. The van der Waals surface area contributed by atoms with Crippen LogP contribution in [-0.2, 0) is 24.3 Å². The third kappa shape index (κ3) is 5.54. The van der Waals surface area contributed by atoms with Crippen LogP contribution in [0, 0.1) is 0 Å². The summed E-state index contributed by atoms with van der Waals surface area (Å²) in [5.74, 6) is 1.00. The van der Waals surface area contributed by atoms with Gasteiger partial charge < -0.3 is 26.4 Å². The van der Waals surface area contributed by atoms with Crippen LogP contribution in [-0.4, -0.2) is 21.4 Å². The summed E-state index contributed by atoms with van der Waals surface area (Å²) >= 11 is 0. The molecule has 1 atom stereocenters. The zero-order chi connectivity index (χ0) is 20.9. The molecule has 0 bridgehead atoms. The number of fused-ring (bicyclic) bond motifs is 1. The fourth-order valence-corrected chi connectivity index (χ4v) is 3.92. The van der Waals surface area contributed by atoms with Crippen molar-refractivity contribution in [3.8, 4) is 5.75 Å². The van der Waals surface area contributed by atoms with Crippen molar-refractivity contribution in [2.24, 2.45) is 0 Å². The molecule has 31 heavy (non-hydrogen) atoms. The Morgan fingerprint density at radius 1 is 1.10 bits per heavy atom. The second-order valence-electron chi connectivity index (χ2n) is 7.98. The van der Waals surface area contributed by atoms with Crippen molar-refractivity contribution in [1.29, 1.82) is 0 Å². The molecular formula is C25H28ClN2O3-. The molecule has 0 amide bonds. The Balaban J connectivity index is 0.00000272. The summed E-state index contributed by atoms with van der Waals surface area (Å²) in [4.78, 5) is 16.6. The van der Waals surface area contributed by atoms with Crippen molar-refractivity contribution < 1.29 is 26.7 Å². The van der Waals surface area contributed by atoms with Gasteiger partial charge in [0.2, 0.25) is 0 Å². The van der Waals surface area contributed by atoms with Gasteiger partial charge in [0.25, 0.3) is 0 Å². The first-order valence-corrected chi connectivity index (χ1v) is 10.6. The lowest BCUT2D eigenvalue weighted by atomic mass is 9.87. The molecule has 1 unspecified atom stereocenters. The van der Waals surface area contributed by atoms with Crippen LogP contribution in [0.5, 0.6) is 5.75 Å². The molecule has 1 aromatic heterocycles. The quantitative estimate of drug-likeness (QED) is 0.539. The van der Waals surface area contributed by atoms with Crippen LogP contribution in [0.1, 0.15) is 59.8 Å². The van der Waals surface area contributed by atoms with E-state index in [1.165, 1.54) is 0 Å². The molecule has 4 rings (SSSR count). The number of halogens is 1. The Hall–Kier alpha value is -2.63. The number of carbonyl (C=O) groups is 1. The number of hydrogen-bond donors (Lipinski definition) is 0. The number of Topliss-reactive ketones (excluding diaryl/α,β-unsaturated/α-hetero) is 1. The first-order chi connectivity index (χ1) is 14.6. The Morgan fingerprint density at radius 3 is 2.61 bits per heavy atom. The second-order valence-corrected chi connectivity index (χ2v) is 7.98. The maximum Gasteiger partial charge on any atom is 0.163 e. The Bertz CT molecular complexity index is 988. The number of ketones is 1. The summed E-state index contributed by atoms with van der Waals surface area (Å²) in [7, 11) is 0. The number of aromatic nitrogens is 2. The molecule has 5 nitrogen and oxygen atoms in total. The third-order valence-electron chi connectivity index (χ3n) is 5.46. The van der Waals surface area contributed by atoms with Crippen molar-refractivity contribution in [1.82, 2.24) is 9.55 Å². The predicted molar refractivity (Wildman–Crippen MR) is 116 cm³/mol. The highest BCUT2D eigenvalue weighted by Gasteiger charge is 2.24. The first kappa shape index (κ1) is 23.0. The fraction of sp³-hybridized carbons (Fsp3) is 0.360. The van der Waals surface area contributed by atoms with E-state index >= 15 is 0 Å². The molecule has 0 saturated carbocycles. The van der Waals surface area contributed by atoms with Crippen molar-refractivity contribution >= 4 is 5.78 Å². The van der Waals surface area contributed by atoms with E-state index < -0.39 is 0 Å². The Morgan fingerprint density at radius 2 is 1.90 bits per heavy atom. The van der Waals surface area contributed by atoms with Gasteiger partial charge in [-0.15, -0.1) is 0 Å². The van der Waals surface area contributed by atoms with Gasteiger partial charge in [0.05, 0.1) is 25.6 Å². The maximum atomic E-state index is 12.5. The highest BCUT2D eigenvalue weighted by molar-refractivity contribution is 5.99. The summed E-state index contributed by atoms with van der Waals surface area (Å²) in [6.45, 7) is 5.13. The van der Waals surface area contributed by atoms with E-state index in [0.717, 1.165) is 40.8 Å². The summed E-state index contributed by atoms with van der Waals surface area (Å²) in [5.41, 5.74) is 4.00. The number of carbonyl (C=O) groups excluding carboxylic acids is 1. The van der Waals surface area contributed by atoms with E-state index in [1.54, 1.807) is 12.5 Å². The van der Waals surface area contributed by atoms with Gasteiger partial charge in [-0.2, -0.15) is 0 Å². The molecule has 1 heterocycles. The number of ether oxygens (including phenoxy) is 2. The molecule has 1 aliphatic rings. The molecule has 6 heteroatoms. The van der Waals surface area contributed by atoms with E-state index in [2.05, 4.69) is 17.1 Å². The summed E-state index contributed by atoms with van der Waals surface area (Å²) < 4.78 is 14.6. The minimum atomic E-state index is -0.185. The SMILES string of the molecule is CC(C)OCc1c(OC(Cn2ccnc2)c2ccccc2)ccc2c1CCCC2=O.[Cl-]. The molecule has 0 fully saturated rings. The lowest BCUT2D eigenvalue weighted by Crippen LogP contribution is -3.00. The van der Waals surface area contributed by atoms with Gasteiger partial charge in [0.1, 0.15) is 11.9 Å². The van der Waals surface area contributed by atoms with E-state index in [-0.39, 0.29) is 30.4 Å². The molecule has 2 aromatic carbocycles. The van der Waals surface area contributed by atoms with Crippen molar-refractivity contribution in [2.75, 3.05) is 0 Å². The first-order valence-electron chi connectivity index (χ1n) is 10.6. The maximum absolute atomic E-state index is 12.5. The van der Waals surface area contributed by atoms with E-state index in [9.17, 15) is 4.79 Å². The third-order valence-corrected chi connectivity index (χ3v) is 5.46. The monoisotopic (exact) mass is 439 g/mol. The second kappa shape index (κ2) is 10.6. The molecule has 0 aliphatic heterocycles. The molecule has 164 valence electrons. The Labute approximate surface area is 189 Å². The van der Waals surface area contributed by atoms with Crippen LogP contribution in [0.15, 0.2) is 61.2 Å². The van der Waals surface area contributed by atoms with Crippen molar-refractivity contribution in [3.05, 3.63) is 83.4 Å². The minimum Gasteiger partial charge on any atom is -1.00 e. The molecule has 0 saturated heterocycles. The smallest absolute Gasteiger partial charge is 0.163 e. The standard InChI is InChI=1S/C25H28N2O3.ClH/c1-18(2)29-16-22-20-9-6-10-23(28)21(20)11-12-24(22)30-25(15-27-14-13-26-17-27)19-7-4-3-5-8-19;/h3-5,7-8,11-14,17-18,25H,6,9-10,15-16H2,1-2H3;1H/p-1. The normalized spacial score (nSPS) is 14.1. The van der Waals surface area contributed by atoms with Crippen LogP contribution < -0.4 is 17.1 Å². The average molecular weight is 440 g/mol. The van der Waals surface area contributed by atoms with Crippen LogP contribution >= 0.6 is 0 Å². The van der Waals surface area contributed by atoms with Gasteiger partial charge >= 0.3 is 0 Å². The van der Waals surface area contributed by atoms with E-state index in [4.69, 9.17) is 9.47 Å². The van der Waals surface area contributed by atoms with Gasteiger partial charge in [0, 0.05) is 29.9 Å². The average Bonchev–Trinajstić information content (AvgIpc) is 3.26. The number of imidazole rings is 1. The topological polar surface area (TPSA) is 53.4 Å². The van der Waals surface area contributed by atoms with Crippen molar-refractivity contribution in [3.63, 3.8) is 0 Å². The molecule has 0 radical (unpaired) electrons. The molecule has 1 aliphatic carbocycles. The zero-order valence-corrected chi connectivity index (χ0v) is 18.7. The number of hydrogen-bond acceptors (Lipinski definition) is 4. The minimum absolute atomic E-state index is 0. The lowest BCUT2D eigenvalue weighted by molar-refractivity contribution is -0.0000186. The van der Waals surface area contributed by atoms with Gasteiger partial charge in [0.15, 0.2) is 5.78 Å².